The van der Waals surface area contributed by atoms with Crippen molar-refractivity contribution in [2.24, 2.45) is 17.3 Å². The van der Waals surface area contributed by atoms with Crippen molar-refractivity contribution < 1.29 is 4.79 Å². The van der Waals surface area contributed by atoms with Gasteiger partial charge in [-0.3, -0.25) is 4.79 Å². The van der Waals surface area contributed by atoms with Crippen molar-refractivity contribution in [2.45, 2.75) is 26.7 Å². The molecular weight excluding hydrogens is 136 g/mol. The van der Waals surface area contributed by atoms with E-state index in [0.29, 0.717) is 17.6 Å². The van der Waals surface area contributed by atoms with Crippen LogP contribution in [-0.2, 0) is 4.79 Å². The Balaban J connectivity index is 2.39. The fraction of sp³-hybridized carbons (Fsp3) is 0.700. The van der Waals surface area contributed by atoms with Gasteiger partial charge in [0.25, 0.3) is 0 Å². The van der Waals surface area contributed by atoms with Gasteiger partial charge in [0.05, 0.1) is 0 Å². The first-order valence-corrected chi connectivity index (χ1v) is 4.37. The van der Waals surface area contributed by atoms with Crippen LogP contribution in [0.2, 0.25) is 0 Å². The van der Waals surface area contributed by atoms with Crippen LogP contribution in [0.1, 0.15) is 26.7 Å². The van der Waals surface area contributed by atoms with E-state index in [0.717, 1.165) is 12.8 Å². The molecule has 0 heterocycles. The minimum absolute atomic E-state index is 0.0278. The van der Waals surface area contributed by atoms with Crippen LogP contribution in [0.5, 0.6) is 0 Å². The van der Waals surface area contributed by atoms with Crippen LogP contribution in [0, 0.1) is 17.3 Å². The third-order valence-corrected chi connectivity index (χ3v) is 3.63. The predicted molar refractivity (Wildman–Crippen MR) is 44.1 cm³/mol. The lowest BCUT2D eigenvalue weighted by molar-refractivity contribution is -0.127. The van der Waals surface area contributed by atoms with Crippen molar-refractivity contribution in [3.63, 3.8) is 0 Å². The number of Topliss-reactive ketones (excluding diaryl/α,β-unsaturated/α-hetero) is 1. The molecule has 0 radical (unpaired) electrons. The van der Waals surface area contributed by atoms with Crippen molar-refractivity contribution in [1.29, 1.82) is 0 Å². The molecule has 2 aliphatic carbocycles. The van der Waals surface area contributed by atoms with E-state index >= 15 is 0 Å². The summed E-state index contributed by atoms with van der Waals surface area (Å²) in [5.41, 5.74) is -0.0278. The molecule has 0 aromatic carbocycles. The van der Waals surface area contributed by atoms with Crippen molar-refractivity contribution in [2.75, 3.05) is 0 Å². The molecule has 60 valence electrons. The highest BCUT2D eigenvalue weighted by Crippen LogP contribution is 2.50. The molecule has 0 N–H and O–H groups in total. The smallest absolute Gasteiger partial charge is 0.139 e. The summed E-state index contributed by atoms with van der Waals surface area (Å²) in [7, 11) is 0. The quantitative estimate of drug-likeness (QED) is 0.484. The molecule has 1 saturated carbocycles. The Morgan fingerprint density at radius 1 is 1.55 bits per heavy atom. The van der Waals surface area contributed by atoms with Crippen LogP contribution in [-0.4, -0.2) is 5.78 Å². The first kappa shape index (κ1) is 7.08. The Morgan fingerprint density at radius 3 is 2.91 bits per heavy atom. The zero-order chi connectivity index (χ0) is 8.06. The number of allylic oxidation sites excluding steroid dienone is 2. The number of hydrogen-bond acceptors (Lipinski definition) is 1. The van der Waals surface area contributed by atoms with E-state index in [1.807, 2.05) is 0 Å². The lowest BCUT2D eigenvalue weighted by atomic mass is 9.75. The minimum atomic E-state index is -0.0278. The van der Waals surface area contributed by atoms with Gasteiger partial charge in [-0.1, -0.05) is 26.0 Å². The molecule has 11 heavy (non-hydrogen) atoms. The largest absolute Gasteiger partial charge is 0.299 e. The van der Waals surface area contributed by atoms with E-state index in [2.05, 4.69) is 26.0 Å². The number of fused-ring (bicyclic) bond motifs is 1. The number of ketones is 1. The summed E-state index contributed by atoms with van der Waals surface area (Å²) in [6.45, 7) is 4.28. The van der Waals surface area contributed by atoms with Gasteiger partial charge in [0.15, 0.2) is 0 Å². The maximum Gasteiger partial charge on any atom is 0.139 e. The van der Waals surface area contributed by atoms with Gasteiger partial charge in [0.2, 0.25) is 0 Å². The Hall–Kier alpha value is -0.590. The summed E-state index contributed by atoms with van der Waals surface area (Å²) in [4.78, 5) is 11.5. The van der Waals surface area contributed by atoms with Crippen LogP contribution in [0.3, 0.4) is 0 Å². The van der Waals surface area contributed by atoms with Gasteiger partial charge in [-0.15, -0.1) is 0 Å². The second kappa shape index (κ2) is 1.96. The molecule has 0 spiro atoms. The molecule has 1 heteroatoms. The zero-order valence-electron chi connectivity index (χ0n) is 7.13. The molecule has 0 aromatic rings. The van der Waals surface area contributed by atoms with Crippen molar-refractivity contribution in [1.82, 2.24) is 0 Å². The van der Waals surface area contributed by atoms with Gasteiger partial charge in [-0.25, -0.2) is 0 Å². The first-order chi connectivity index (χ1) is 5.15. The van der Waals surface area contributed by atoms with Gasteiger partial charge in [0, 0.05) is 11.8 Å². The Labute approximate surface area is 67.5 Å². The summed E-state index contributed by atoms with van der Waals surface area (Å²) in [5, 5.41) is 0. The van der Waals surface area contributed by atoms with E-state index in [1.165, 1.54) is 0 Å². The molecular formula is C10H14O. The van der Waals surface area contributed by atoms with Crippen molar-refractivity contribution in [3.8, 4) is 0 Å². The maximum absolute atomic E-state index is 11.5. The van der Waals surface area contributed by atoms with E-state index < -0.39 is 0 Å². The van der Waals surface area contributed by atoms with Gasteiger partial charge in [-0.2, -0.15) is 0 Å². The van der Waals surface area contributed by atoms with Crippen LogP contribution in [0.4, 0.5) is 0 Å². The van der Waals surface area contributed by atoms with E-state index in [1.54, 1.807) is 0 Å². The van der Waals surface area contributed by atoms with Crippen LogP contribution < -0.4 is 0 Å². The average molecular weight is 150 g/mol. The van der Waals surface area contributed by atoms with E-state index in [9.17, 15) is 4.79 Å². The molecule has 0 bridgehead atoms. The highest BCUT2D eigenvalue weighted by atomic mass is 16.1. The molecule has 1 fully saturated rings. The van der Waals surface area contributed by atoms with Gasteiger partial charge in [0.1, 0.15) is 5.78 Å². The highest BCUT2D eigenvalue weighted by molar-refractivity contribution is 5.88. The lowest BCUT2D eigenvalue weighted by Gasteiger charge is -2.27. The van der Waals surface area contributed by atoms with Gasteiger partial charge in [-0.05, 0) is 18.3 Å². The maximum atomic E-state index is 11.5. The Bertz CT molecular complexity index is 229. The lowest BCUT2D eigenvalue weighted by Crippen LogP contribution is -2.30. The standard InChI is InChI=1S/C10H14O/c1-7-3-4-8-5-6-9(11)10(7,8)2/h3-4,7-8H,5-6H2,1-2H3/t7-,8-,10-/m1/s1. The summed E-state index contributed by atoms with van der Waals surface area (Å²) < 4.78 is 0. The highest BCUT2D eigenvalue weighted by Gasteiger charge is 2.50. The van der Waals surface area contributed by atoms with Crippen molar-refractivity contribution >= 4 is 5.78 Å². The van der Waals surface area contributed by atoms with Crippen molar-refractivity contribution in [3.05, 3.63) is 12.2 Å². The minimum Gasteiger partial charge on any atom is -0.299 e. The number of rotatable bonds is 0. The fourth-order valence-electron chi connectivity index (χ4n) is 2.45. The Morgan fingerprint density at radius 2 is 2.27 bits per heavy atom. The van der Waals surface area contributed by atoms with Crippen LogP contribution in [0.25, 0.3) is 0 Å². The first-order valence-electron chi connectivity index (χ1n) is 4.37. The van der Waals surface area contributed by atoms with Gasteiger partial charge < -0.3 is 0 Å². The third-order valence-electron chi connectivity index (χ3n) is 3.63. The van der Waals surface area contributed by atoms with E-state index in [4.69, 9.17) is 0 Å². The molecule has 0 unspecified atom stereocenters. The zero-order valence-corrected chi connectivity index (χ0v) is 7.13. The number of carbonyl (C=O) groups excluding carboxylic acids is 1. The molecule has 0 amide bonds. The molecule has 0 saturated heterocycles. The predicted octanol–water partition coefficient (Wildman–Crippen LogP) is 2.18. The van der Waals surface area contributed by atoms with Crippen LogP contribution >= 0.6 is 0 Å². The normalized spacial score (nSPS) is 48.4. The molecule has 3 atom stereocenters. The second-order valence-electron chi connectivity index (χ2n) is 4.02. The molecule has 1 nitrogen and oxygen atoms in total. The summed E-state index contributed by atoms with van der Waals surface area (Å²) in [6.07, 6.45) is 6.31. The number of carbonyl (C=O) groups is 1. The average Bonchev–Trinajstić information content (AvgIpc) is 2.40. The summed E-state index contributed by atoms with van der Waals surface area (Å²) in [5.74, 6) is 1.48. The third kappa shape index (κ3) is 0.688. The monoisotopic (exact) mass is 150 g/mol. The molecule has 0 aromatic heterocycles. The Kier molecular flexibility index (Phi) is 1.26. The molecule has 2 rings (SSSR count). The van der Waals surface area contributed by atoms with Crippen LogP contribution in [0.15, 0.2) is 12.2 Å². The molecule has 2 aliphatic rings. The summed E-state index contributed by atoms with van der Waals surface area (Å²) >= 11 is 0. The second-order valence-corrected chi connectivity index (χ2v) is 4.02. The van der Waals surface area contributed by atoms with E-state index in [-0.39, 0.29) is 5.41 Å². The fourth-order valence-corrected chi connectivity index (χ4v) is 2.45. The topological polar surface area (TPSA) is 17.1 Å². The molecule has 0 aliphatic heterocycles. The SMILES string of the molecule is C[C@@H]1C=C[C@@H]2CCC(=O)[C@]12C. The summed E-state index contributed by atoms with van der Waals surface area (Å²) in [6, 6.07) is 0. The van der Waals surface area contributed by atoms with Gasteiger partial charge >= 0.3 is 0 Å². The number of hydrogen-bond donors (Lipinski definition) is 0.